The minimum absolute atomic E-state index is 0. The maximum absolute atomic E-state index is 5.91. The molecular formula is C12H21NO2. The Balaban J connectivity index is 0.00000196. The number of nitrogens with two attached hydrogens (primary N) is 1. The molecule has 0 saturated heterocycles. The summed E-state index contributed by atoms with van der Waals surface area (Å²) < 4.78 is 10.3. The Kier molecular flexibility index (Phi) is 5.79. The Morgan fingerprint density at radius 3 is 2.27 bits per heavy atom. The molecule has 0 aliphatic carbocycles. The minimum atomic E-state index is 0. The van der Waals surface area contributed by atoms with E-state index in [1.807, 2.05) is 18.2 Å². The third-order valence-corrected chi connectivity index (χ3v) is 2.28. The first kappa shape index (κ1) is 13.8. The molecule has 0 amide bonds. The first-order valence-corrected chi connectivity index (χ1v) is 4.70. The van der Waals surface area contributed by atoms with Crippen LogP contribution in [-0.4, -0.2) is 14.2 Å². The number of hydrogen-bond acceptors (Lipinski definition) is 3. The molecule has 0 radical (unpaired) electrons. The maximum atomic E-state index is 5.91. The fourth-order valence-corrected chi connectivity index (χ4v) is 1.32. The molecule has 2 N–H and O–H groups in total. The van der Waals surface area contributed by atoms with Crippen molar-refractivity contribution in [2.24, 2.45) is 5.73 Å². The van der Waals surface area contributed by atoms with Gasteiger partial charge < -0.3 is 15.2 Å². The lowest BCUT2D eigenvalue weighted by Crippen LogP contribution is -2.08. The fourth-order valence-electron chi connectivity index (χ4n) is 1.32. The van der Waals surface area contributed by atoms with Gasteiger partial charge in [-0.1, -0.05) is 20.4 Å². The molecule has 3 nitrogen and oxygen atoms in total. The molecule has 1 aromatic rings. The van der Waals surface area contributed by atoms with E-state index in [0.29, 0.717) is 0 Å². The van der Waals surface area contributed by atoms with E-state index in [4.69, 9.17) is 15.2 Å². The number of ether oxygens (including phenoxy) is 2. The quantitative estimate of drug-likeness (QED) is 0.832. The summed E-state index contributed by atoms with van der Waals surface area (Å²) in [5.41, 5.74) is 6.99. The average Bonchev–Trinajstić information content (AvgIpc) is 2.26. The molecule has 86 valence electrons. The summed E-state index contributed by atoms with van der Waals surface area (Å²) in [7, 11) is 3.25. The van der Waals surface area contributed by atoms with Gasteiger partial charge in [-0.05, 0) is 24.1 Å². The normalized spacial score (nSPS) is 11.5. The van der Waals surface area contributed by atoms with Gasteiger partial charge in [-0.3, -0.25) is 0 Å². The molecule has 15 heavy (non-hydrogen) atoms. The molecule has 0 unspecified atom stereocenters. The van der Waals surface area contributed by atoms with E-state index >= 15 is 0 Å². The summed E-state index contributed by atoms with van der Waals surface area (Å²) in [5, 5.41) is 0. The van der Waals surface area contributed by atoms with Crippen molar-refractivity contribution >= 4 is 0 Å². The summed E-state index contributed by atoms with van der Waals surface area (Å²) in [5.74, 6) is 1.47. The monoisotopic (exact) mass is 211 g/mol. The van der Waals surface area contributed by atoms with Crippen molar-refractivity contribution in [3.8, 4) is 11.5 Å². The minimum Gasteiger partial charge on any atom is -0.493 e. The molecule has 0 saturated carbocycles. The molecule has 3 heteroatoms. The van der Waals surface area contributed by atoms with E-state index in [9.17, 15) is 0 Å². The second-order valence-corrected chi connectivity index (χ2v) is 3.13. The lowest BCUT2D eigenvalue weighted by Gasteiger charge is -2.13. The van der Waals surface area contributed by atoms with E-state index < -0.39 is 0 Å². The van der Waals surface area contributed by atoms with Gasteiger partial charge in [-0.15, -0.1) is 0 Å². The van der Waals surface area contributed by atoms with E-state index in [1.54, 1.807) is 14.2 Å². The van der Waals surface area contributed by atoms with Crippen molar-refractivity contribution in [1.29, 1.82) is 0 Å². The molecule has 1 aromatic carbocycles. The third-order valence-electron chi connectivity index (χ3n) is 2.28. The second kappa shape index (κ2) is 6.30. The van der Waals surface area contributed by atoms with Gasteiger partial charge in [-0.25, -0.2) is 0 Å². The van der Waals surface area contributed by atoms with Gasteiger partial charge >= 0.3 is 0 Å². The molecule has 0 bridgehead atoms. The van der Waals surface area contributed by atoms with Crippen molar-refractivity contribution in [1.82, 2.24) is 0 Å². The van der Waals surface area contributed by atoms with Gasteiger partial charge in [0.2, 0.25) is 0 Å². The van der Waals surface area contributed by atoms with E-state index in [0.717, 1.165) is 23.5 Å². The van der Waals surface area contributed by atoms with Crippen LogP contribution >= 0.6 is 0 Å². The highest BCUT2D eigenvalue weighted by Crippen LogP contribution is 2.29. The van der Waals surface area contributed by atoms with Crippen LogP contribution in [0.4, 0.5) is 0 Å². The standard InChI is InChI=1S/C11H17NO2.CH4/c1-4-9(12)8-5-6-10(13-2)11(7-8)14-3;/h5-7,9H,4,12H2,1-3H3;1H4/t9-;/m0./s1. The van der Waals surface area contributed by atoms with E-state index in [2.05, 4.69) is 6.92 Å². The van der Waals surface area contributed by atoms with Crippen molar-refractivity contribution in [2.75, 3.05) is 14.2 Å². The number of rotatable bonds is 4. The molecule has 1 rings (SSSR count). The molecular weight excluding hydrogens is 190 g/mol. The van der Waals surface area contributed by atoms with Crippen LogP contribution in [0.3, 0.4) is 0 Å². The zero-order valence-electron chi connectivity index (χ0n) is 8.91. The Hall–Kier alpha value is -1.22. The lowest BCUT2D eigenvalue weighted by molar-refractivity contribution is 0.354. The maximum Gasteiger partial charge on any atom is 0.161 e. The van der Waals surface area contributed by atoms with Gasteiger partial charge in [0.15, 0.2) is 11.5 Å². The number of methoxy groups -OCH3 is 2. The summed E-state index contributed by atoms with van der Waals surface area (Å²) in [6.45, 7) is 2.06. The van der Waals surface area contributed by atoms with Crippen molar-refractivity contribution in [3.63, 3.8) is 0 Å². The topological polar surface area (TPSA) is 44.5 Å². The van der Waals surface area contributed by atoms with Crippen molar-refractivity contribution in [2.45, 2.75) is 26.8 Å². The van der Waals surface area contributed by atoms with Gasteiger partial charge in [-0.2, -0.15) is 0 Å². The molecule has 0 aliphatic rings. The molecule has 1 atom stereocenters. The van der Waals surface area contributed by atoms with Crippen LogP contribution in [0, 0.1) is 0 Å². The van der Waals surface area contributed by atoms with Crippen LogP contribution in [-0.2, 0) is 0 Å². The van der Waals surface area contributed by atoms with E-state index in [-0.39, 0.29) is 13.5 Å². The van der Waals surface area contributed by atoms with Crippen LogP contribution in [0.2, 0.25) is 0 Å². The summed E-state index contributed by atoms with van der Waals surface area (Å²) in [6.07, 6.45) is 0.912. The zero-order chi connectivity index (χ0) is 10.6. The summed E-state index contributed by atoms with van der Waals surface area (Å²) in [6, 6.07) is 5.83. The van der Waals surface area contributed by atoms with Crippen LogP contribution < -0.4 is 15.2 Å². The van der Waals surface area contributed by atoms with Crippen LogP contribution in [0.25, 0.3) is 0 Å². The van der Waals surface area contributed by atoms with Gasteiger partial charge in [0.1, 0.15) is 0 Å². The molecule has 0 aliphatic heterocycles. The molecule has 0 spiro atoms. The second-order valence-electron chi connectivity index (χ2n) is 3.13. The van der Waals surface area contributed by atoms with Crippen LogP contribution in [0.1, 0.15) is 32.4 Å². The SMILES string of the molecule is C.CC[C@H](N)c1ccc(OC)c(OC)c1. The Bertz CT molecular complexity index is 300. The lowest BCUT2D eigenvalue weighted by atomic mass is 10.1. The first-order valence-electron chi connectivity index (χ1n) is 4.70. The van der Waals surface area contributed by atoms with Gasteiger partial charge in [0.25, 0.3) is 0 Å². The predicted molar refractivity (Wildman–Crippen MR) is 63.5 cm³/mol. The summed E-state index contributed by atoms with van der Waals surface area (Å²) in [4.78, 5) is 0. The Labute approximate surface area is 92.2 Å². The van der Waals surface area contributed by atoms with Crippen molar-refractivity contribution in [3.05, 3.63) is 23.8 Å². The number of benzene rings is 1. The average molecular weight is 211 g/mol. The smallest absolute Gasteiger partial charge is 0.161 e. The number of hydrogen-bond donors (Lipinski definition) is 1. The third kappa shape index (κ3) is 3.13. The Morgan fingerprint density at radius 2 is 1.80 bits per heavy atom. The highest BCUT2D eigenvalue weighted by Gasteiger charge is 2.08. The molecule has 0 fully saturated rings. The predicted octanol–water partition coefficient (Wildman–Crippen LogP) is 2.75. The highest BCUT2D eigenvalue weighted by atomic mass is 16.5. The van der Waals surface area contributed by atoms with Gasteiger partial charge in [0.05, 0.1) is 14.2 Å². The van der Waals surface area contributed by atoms with Crippen molar-refractivity contribution < 1.29 is 9.47 Å². The molecule has 0 aromatic heterocycles. The summed E-state index contributed by atoms with van der Waals surface area (Å²) >= 11 is 0. The van der Waals surface area contributed by atoms with Crippen LogP contribution in [0.5, 0.6) is 11.5 Å². The van der Waals surface area contributed by atoms with Gasteiger partial charge in [0, 0.05) is 6.04 Å². The van der Waals surface area contributed by atoms with E-state index in [1.165, 1.54) is 0 Å². The largest absolute Gasteiger partial charge is 0.493 e. The first-order chi connectivity index (χ1) is 6.72. The highest BCUT2D eigenvalue weighted by molar-refractivity contribution is 5.43. The van der Waals surface area contributed by atoms with Crippen LogP contribution in [0.15, 0.2) is 18.2 Å². The molecule has 0 heterocycles. The Morgan fingerprint density at radius 1 is 1.20 bits per heavy atom. The fraction of sp³-hybridized carbons (Fsp3) is 0.500. The zero-order valence-corrected chi connectivity index (χ0v) is 8.91.